The van der Waals surface area contributed by atoms with E-state index in [2.05, 4.69) is 8.75 Å². The number of aromatic nitrogens is 2. The molecule has 4 rings (SSSR count). The quantitative estimate of drug-likeness (QED) is 0.775. The molecule has 2 aliphatic rings. The van der Waals surface area contributed by atoms with Crippen molar-refractivity contribution in [2.24, 2.45) is 0 Å². The van der Waals surface area contributed by atoms with Crippen LogP contribution < -0.4 is 0 Å². The second-order valence-corrected chi connectivity index (χ2v) is 8.12. The van der Waals surface area contributed by atoms with E-state index in [1.807, 2.05) is 0 Å². The van der Waals surface area contributed by atoms with Crippen molar-refractivity contribution in [3.8, 4) is 0 Å². The number of likely N-dealkylation sites (tertiary alicyclic amines) is 1. The summed E-state index contributed by atoms with van der Waals surface area (Å²) in [5.41, 5.74) is 2.03. The molecule has 0 unspecified atom stereocenters. The average Bonchev–Trinajstić information content (AvgIpc) is 3.08. The Bertz CT molecular complexity index is 814. The number of nitrogens with zero attached hydrogens (tertiary/aromatic N) is 3. The van der Waals surface area contributed by atoms with Gasteiger partial charge in [0.05, 0.1) is 22.7 Å². The molecule has 0 aliphatic carbocycles. The molecular formula is C12H11N3O3S2. The summed E-state index contributed by atoms with van der Waals surface area (Å²) in [6.45, 7) is 0.319. The number of benzene rings is 1. The van der Waals surface area contributed by atoms with Crippen LogP contribution in [0, 0.1) is 0 Å². The van der Waals surface area contributed by atoms with E-state index in [-0.39, 0.29) is 23.0 Å². The minimum Gasteiger partial charge on any atom is -0.333 e. The molecule has 104 valence electrons. The molecule has 0 saturated carbocycles. The zero-order valence-corrected chi connectivity index (χ0v) is 12.0. The van der Waals surface area contributed by atoms with Crippen LogP contribution >= 0.6 is 11.7 Å². The summed E-state index contributed by atoms with van der Waals surface area (Å²) in [6.07, 6.45) is 0.578. The number of rotatable bonds is 1. The summed E-state index contributed by atoms with van der Waals surface area (Å²) in [7, 11) is -2.98. The first-order chi connectivity index (χ1) is 9.54. The molecular weight excluding hydrogens is 298 g/mol. The van der Waals surface area contributed by atoms with E-state index in [9.17, 15) is 13.2 Å². The predicted octanol–water partition coefficient (Wildman–Crippen LogP) is 0.703. The maximum Gasteiger partial charge on any atom is 0.254 e. The van der Waals surface area contributed by atoms with E-state index < -0.39 is 9.84 Å². The van der Waals surface area contributed by atoms with E-state index in [0.29, 0.717) is 24.0 Å². The topological polar surface area (TPSA) is 80.2 Å². The van der Waals surface area contributed by atoms with Gasteiger partial charge in [0.15, 0.2) is 9.84 Å². The first-order valence-electron chi connectivity index (χ1n) is 6.29. The average molecular weight is 309 g/mol. The molecule has 3 heterocycles. The van der Waals surface area contributed by atoms with Crippen molar-refractivity contribution in [2.75, 3.05) is 12.3 Å². The summed E-state index contributed by atoms with van der Waals surface area (Å²) in [4.78, 5) is 14.2. The van der Waals surface area contributed by atoms with Crippen LogP contribution in [0.2, 0.25) is 0 Å². The van der Waals surface area contributed by atoms with Gasteiger partial charge in [0.25, 0.3) is 5.91 Å². The third kappa shape index (κ3) is 1.68. The first-order valence-corrected chi connectivity index (χ1v) is 8.74. The van der Waals surface area contributed by atoms with E-state index >= 15 is 0 Å². The minimum absolute atomic E-state index is 0.101. The number of fused-ring (bicyclic) bond motifs is 3. The molecule has 2 fully saturated rings. The molecule has 1 amide bonds. The molecule has 6 nitrogen and oxygen atoms in total. The normalized spacial score (nSPS) is 27.3. The summed E-state index contributed by atoms with van der Waals surface area (Å²) in [5.74, 6) is -0.00788. The van der Waals surface area contributed by atoms with E-state index in [1.54, 1.807) is 23.1 Å². The van der Waals surface area contributed by atoms with Crippen molar-refractivity contribution in [3.63, 3.8) is 0 Å². The maximum atomic E-state index is 12.5. The van der Waals surface area contributed by atoms with Crippen LogP contribution in [0.3, 0.4) is 0 Å². The van der Waals surface area contributed by atoms with Crippen molar-refractivity contribution in [1.29, 1.82) is 0 Å². The Morgan fingerprint density at radius 1 is 1.30 bits per heavy atom. The fourth-order valence-electron chi connectivity index (χ4n) is 3.03. The largest absolute Gasteiger partial charge is 0.333 e. The summed E-state index contributed by atoms with van der Waals surface area (Å²) in [6, 6.07) is 5.06. The maximum absolute atomic E-state index is 12.5. The lowest BCUT2D eigenvalue weighted by Crippen LogP contribution is -2.44. The number of amides is 1. The summed E-state index contributed by atoms with van der Waals surface area (Å²) in [5, 5.41) is -0.374. The second kappa shape index (κ2) is 3.98. The fraction of sp³-hybridized carbons (Fsp3) is 0.417. The van der Waals surface area contributed by atoms with Gasteiger partial charge < -0.3 is 4.90 Å². The van der Waals surface area contributed by atoms with Crippen LogP contribution in [0.4, 0.5) is 0 Å². The molecule has 0 radical (unpaired) electrons. The van der Waals surface area contributed by atoms with Crippen LogP contribution in [0.5, 0.6) is 0 Å². The van der Waals surface area contributed by atoms with Crippen molar-refractivity contribution < 1.29 is 13.2 Å². The highest BCUT2D eigenvalue weighted by atomic mass is 32.2. The second-order valence-electron chi connectivity index (χ2n) is 5.27. The highest BCUT2D eigenvalue weighted by Crippen LogP contribution is 2.34. The lowest BCUT2D eigenvalue weighted by molar-refractivity contribution is 0.0746. The number of hydrogen-bond donors (Lipinski definition) is 0. The van der Waals surface area contributed by atoms with E-state index in [1.165, 1.54) is 0 Å². The summed E-state index contributed by atoms with van der Waals surface area (Å²) >= 11 is 1.11. The molecule has 2 bridgehead atoms. The Morgan fingerprint density at radius 2 is 2.10 bits per heavy atom. The van der Waals surface area contributed by atoms with Crippen molar-refractivity contribution in [3.05, 3.63) is 23.8 Å². The molecule has 2 saturated heterocycles. The van der Waals surface area contributed by atoms with Crippen LogP contribution in [0.1, 0.15) is 16.8 Å². The lowest BCUT2D eigenvalue weighted by atomic mass is 10.1. The number of sulfone groups is 1. The third-order valence-electron chi connectivity index (χ3n) is 4.07. The highest BCUT2D eigenvalue weighted by molar-refractivity contribution is 7.92. The Labute approximate surface area is 119 Å². The molecule has 1 aromatic carbocycles. The monoisotopic (exact) mass is 309 g/mol. The van der Waals surface area contributed by atoms with Crippen LogP contribution in [-0.2, 0) is 9.84 Å². The van der Waals surface area contributed by atoms with Crippen molar-refractivity contribution in [1.82, 2.24) is 13.6 Å². The third-order valence-corrected chi connectivity index (χ3v) is 6.83. The van der Waals surface area contributed by atoms with Crippen LogP contribution in [-0.4, -0.2) is 51.6 Å². The molecule has 1 aromatic heterocycles. The number of carbonyl (C=O) groups excluding carboxylic acids is 1. The molecule has 2 atom stereocenters. The molecule has 0 spiro atoms. The van der Waals surface area contributed by atoms with Crippen molar-refractivity contribution in [2.45, 2.75) is 17.7 Å². The zero-order valence-electron chi connectivity index (χ0n) is 10.4. The summed E-state index contributed by atoms with van der Waals surface area (Å²) < 4.78 is 31.6. The minimum atomic E-state index is -2.98. The molecule has 2 aliphatic heterocycles. The SMILES string of the molecule is O=C(c1ccc2nsnc2c1)N1C[C@H]2C[C@H]1CS2(=O)=O. The van der Waals surface area contributed by atoms with Gasteiger partial charge in [-0.1, -0.05) is 0 Å². The van der Waals surface area contributed by atoms with Gasteiger partial charge in [0.2, 0.25) is 0 Å². The molecule has 20 heavy (non-hydrogen) atoms. The van der Waals surface area contributed by atoms with Crippen LogP contribution in [0.25, 0.3) is 11.0 Å². The molecule has 0 N–H and O–H groups in total. The Kier molecular flexibility index (Phi) is 2.43. The number of hydrogen-bond acceptors (Lipinski definition) is 6. The van der Waals surface area contributed by atoms with Gasteiger partial charge in [-0.25, -0.2) is 8.42 Å². The molecule has 8 heteroatoms. The van der Waals surface area contributed by atoms with Gasteiger partial charge in [0.1, 0.15) is 11.0 Å². The van der Waals surface area contributed by atoms with Gasteiger partial charge in [0, 0.05) is 18.2 Å². The van der Waals surface area contributed by atoms with Crippen LogP contribution in [0.15, 0.2) is 18.2 Å². The fourth-order valence-corrected chi connectivity index (χ4v) is 5.57. The van der Waals surface area contributed by atoms with E-state index in [0.717, 1.165) is 17.2 Å². The van der Waals surface area contributed by atoms with Gasteiger partial charge >= 0.3 is 0 Å². The van der Waals surface area contributed by atoms with Gasteiger partial charge in [-0.3, -0.25) is 4.79 Å². The lowest BCUT2D eigenvalue weighted by Gasteiger charge is -2.26. The predicted molar refractivity (Wildman–Crippen MR) is 74.4 cm³/mol. The van der Waals surface area contributed by atoms with E-state index in [4.69, 9.17) is 0 Å². The smallest absolute Gasteiger partial charge is 0.254 e. The molecule has 2 aromatic rings. The van der Waals surface area contributed by atoms with Gasteiger partial charge in [-0.05, 0) is 24.6 Å². The standard InChI is InChI=1S/C12H11N3O3S2/c16-12(7-1-2-10-11(3-7)14-19-13-10)15-5-9-4-8(15)6-20(9,17)18/h1-3,8-9H,4-6H2/t8-,9+/m0/s1. The Morgan fingerprint density at radius 3 is 2.80 bits per heavy atom. The zero-order chi connectivity index (χ0) is 13.9. The first kappa shape index (κ1) is 12.2. The Hall–Kier alpha value is -1.54. The highest BCUT2D eigenvalue weighted by Gasteiger charge is 2.50. The van der Waals surface area contributed by atoms with Gasteiger partial charge in [-0.15, -0.1) is 0 Å². The van der Waals surface area contributed by atoms with Gasteiger partial charge in [-0.2, -0.15) is 8.75 Å². The number of carbonyl (C=O) groups is 1. The van der Waals surface area contributed by atoms with Crippen molar-refractivity contribution >= 4 is 38.5 Å². The Balaban J connectivity index is 1.65.